The Balaban J connectivity index is 1.30. The SMILES string of the molecule is Cc1nc(NCCNC(=O)c2cccc(Oc3ccc(F)cc3)c2)cc(-n2cccc2)n1. The second kappa shape index (κ2) is 9.74. The van der Waals surface area contributed by atoms with Crippen molar-refractivity contribution in [3.63, 3.8) is 0 Å². The maximum atomic E-state index is 13.0. The summed E-state index contributed by atoms with van der Waals surface area (Å²) in [5.41, 5.74) is 0.470. The molecule has 4 aromatic rings. The number of hydrogen-bond acceptors (Lipinski definition) is 5. The minimum Gasteiger partial charge on any atom is -0.457 e. The Bertz CT molecular complexity index is 1190. The smallest absolute Gasteiger partial charge is 0.251 e. The molecular weight excluding hydrogens is 409 g/mol. The average Bonchev–Trinajstić information content (AvgIpc) is 3.33. The topological polar surface area (TPSA) is 81.1 Å². The van der Waals surface area contributed by atoms with Gasteiger partial charge in [-0.15, -0.1) is 0 Å². The molecule has 0 aliphatic carbocycles. The third kappa shape index (κ3) is 5.48. The molecule has 0 fully saturated rings. The maximum Gasteiger partial charge on any atom is 0.251 e. The zero-order valence-electron chi connectivity index (χ0n) is 17.5. The van der Waals surface area contributed by atoms with Crippen LogP contribution in [0.5, 0.6) is 11.5 Å². The molecule has 2 aromatic carbocycles. The van der Waals surface area contributed by atoms with Crippen molar-refractivity contribution >= 4 is 11.7 Å². The molecule has 0 atom stereocenters. The van der Waals surface area contributed by atoms with Crippen molar-refractivity contribution in [2.24, 2.45) is 0 Å². The molecule has 162 valence electrons. The van der Waals surface area contributed by atoms with Gasteiger partial charge in [-0.1, -0.05) is 6.07 Å². The van der Waals surface area contributed by atoms with Crippen LogP contribution in [0, 0.1) is 12.7 Å². The Morgan fingerprint density at radius 3 is 2.53 bits per heavy atom. The van der Waals surface area contributed by atoms with Gasteiger partial charge in [-0.3, -0.25) is 4.79 Å². The Morgan fingerprint density at radius 1 is 0.969 bits per heavy atom. The van der Waals surface area contributed by atoms with Crippen molar-refractivity contribution in [2.45, 2.75) is 6.92 Å². The van der Waals surface area contributed by atoms with Crippen LogP contribution in [-0.2, 0) is 0 Å². The van der Waals surface area contributed by atoms with Crippen LogP contribution in [0.25, 0.3) is 5.82 Å². The van der Waals surface area contributed by atoms with Gasteiger partial charge in [0, 0.05) is 37.1 Å². The van der Waals surface area contributed by atoms with Gasteiger partial charge in [-0.25, -0.2) is 14.4 Å². The summed E-state index contributed by atoms with van der Waals surface area (Å²) in [7, 11) is 0. The molecule has 0 unspecified atom stereocenters. The van der Waals surface area contributed by atoms with E-state index in [-0.39, 0.29) is 11.7 Å². The summed E-state index contributed by atoms with van der Waals surface area (Å²) in [6.45, 7) is 2.74. The summed E-state index contributed by atoms with van der Waals surface area (Å²) in [5.74, 6) is 2.54. The molecule has 0 saturated carbocycles. The van der Waals surface area contributed by atoms with Crippen LogP contribution >= 0.6 is 0 Å². The van der Waals surface area contributed by atoms with E-state index in [1.807, 2.05) is 42.1 Å². The van der Waals surface area contributed by atoms with E-state index in [0.717, 1.165) is 5.82 Å². The Hall–Kier alpha value is -4.20. The molecular formula is C24H22FN5O2. The van der Waals surface area contributed by atoms with Crippen molar-refractivity contribution in [1.82, 2.24) is 19.9 Å². The lowest BCUT2D eigenvalue weighted by Gasteiger charge is -2.11. The number of anilines is 1. The number of carbonyl (C=O) groups is 1. The highest BCUT2D eigenvalue weighted by atomic mass is 19.1. The van der Waals surface area contributed by atoms with Gasteiger partial charge in [0.1, 0.15) is 34.8 Å². The number of rotatable bonds is 8. The highest BCUT2D eigenvalue weighted by molar-refractivity contribution is 5.94. The van der Waals surface area contributed by atoms with Gasteiger partial charge in [0.2, 0.25) is 0 Å². The molecule has 7 nitrogen and oxygen atoms in total. The number of ether oxygens (including phenoxy) is 1. The van der Waals surface area contributed by atoms with E-state index in [1.54, 1.807) is 24.3 Å². The van der Waals surface area contributed by atoms with E-state index in [1.165, 1.54) is 24.3 Å². The van der Waals surface area contributed by atoms with Crippen molar-refractivity contribution in [3.8, 4) is 17.3 Å². The van der Waals surface area contributed by atoms with E-state index in [4.69, 9.17) is 4.74 Å². The molecule has 1 amide bonds. The molecule has 4 rings (SSSR count). The first-order valence-electron chi connectivity index (χ1n) is 10.1. The number of aryl methyl sites for hydroxylation is 1. The number of hydrogen-bond donors (Lipinski definition) is 2. The summed E-state index contributed by atoms with van der Waals surface area (Å²) in [4.78, 5) is 21.3. The molecule has 0 aliphatic heterocycles. The highest BCUT2D eigenvalue weighted by Gasteiger charge is 2.08. The van der Waals surface area contributed by atoms with Crippen LogP contribution in [0.1, 0.15) is 16.2 Å². The lowest BCUT2D eigenvalue weighted by molar-refractivity contribution is 0.0955. The average molecular weight is 431 g/mol. The number of halogens is 1. The number of nitrogens with one attached hydrogen (secondary N) is 2. The molecule has 2 heterocycles. The van der Waals surface area contributed by atoms with E-state index < -0.39 is 0 Å². The first-order valence-corrected chi connectivity index (χ1v) is 10.1. The van der Waals surface area contributed by atoms with Gasteiger partial charge in [-0.05, 0) is 61.5 Å². The number of nitrogens with zero attached hydrogens (tertiary/aromatic N) is 3. The molecule has 0 saturated heterocycles. The molecule has 2 N–H and O–H groups in total. The monoisotopic (exact) mass is 431 g/mol. The lowest BCUT2D eigenvalue weighted by Crippen LogP contribution is -2.29. The Labute approximate surface area is 184 Å². The van der Waals surface area contributed by atoms with E-state index in [0.29, 0.717) is 41.8 Å². The molecule has 0 bridgehead atoms. The third-order valence-electron chi connectivity index (χ3n) is 4.56. The summed E-state index contributed by atoms with van der Waals surface area (Å²) < 4.78 is 20.6. The van der Waals surface area contributed by atoms with E-state index in [2.05, 4.69) is 20.6 Å². The highest BCUT2D eigenvalue weighted by Crippen LogP contribution is 2.22. The molecule has 0 radical (unpaired) electrons. The predicted molar refractivity (Wildman–Crippen MR) is 120 cm³/mol. The quantitative estimate of drug-likeness (QED) is 0.406. The fourth-order valence-corrected chi connectivity index (χ4v) is 3.07. The number of carbonyl (C=O) groups excluding carboxylic acids is 1. The van der Waals surface area contributed by atoms with Crippen LogP contribution in [0.3, 0.4) is 0 Å². The molecule has 0 spiro atoms. The van der Waals surface area contributed by atoms with Gasteiger partial charge in [0.15, 0.2) is 0 Å². The van der Waals surface area contributed by atoms with Crippen molar-refractivity contribution in [1.29, 1.82) is 0 Å². The van der Waals surface area contributed by atoms with E-state index >= 15 is 0 Å². The number of aromatic nitrogens is 3. The molecule has 8 heteroatoms. The number of benzene rings is 2. The van der Waals surface area contributed by atoms with Gasteiger partial charge >= 0.3 is 0 Å². The summed E-state index contributed by atoms with van der Waals surface area (Å²) in [6, 6.07) is 18.2. The lowest BCUT2D eigenvalue weighted by atomic mass is 10.2. The van der Waals surface area contributed by atoms with Gasteiger partial charge in [-0.2, -0.15) is 0 Å². The van der Waals surface area contributed by atoms with Crippen molar-refractivity contribution in [3.05, 3.63) is 96.3 Å². The largest absolute Gasteiger partial charge is 0.457 e. The zero-order valence-corrected chi connectivity index (χ0v) is 17.5. The van der Waals surface area contributed by atoms with Crippen LogP contribution < -0.4 is 15.4 Å². The zero-order chi connectivity index (χ0) is 22.3. The summed E-state index contributed by atoms with van der Waals surface area (Å²) in [5, 5.41) is 6.08. The standard InChI is InChI=1S/C24H22FN5O2/c1-17-28-22(16-23(29-17)30-13-2-3-14-30)26-11-12-27-24(31)18-5-4-6-21(15-18)32-20-9-7-19(25)8-10-20/h2-10,13-16H,11-12H2,1H3,(H,27,31)(H,26,28,29). The Morgan fingerprint density at radius 2 is 1.75 bits per heavy atom. The fourth-order valence-electron chi connectivity index (χ4n) is 3.07. The predicted octanol–water partition coefficient (Wildman–Crippen LogP) is 4.35. The fraction of sp³-hybridized carbons (Fsp3) is 0.125. The van der Waals surface area contributed by atoms with Gasteiger partial charge in [0.05, 0.1) is 0 Å². The van der Waals surface area contributed by atoms with Crippen molar-refractivity contribution < 1.29 is 13.9 Å². The van der Waals surface area contributed by atoms with Crippen LogP contribution in [0.4, 0.5) is 10.2 Å². The third-order valence-corrected chi connectivity index (χ3v) is 4.56. The second-order valence-electron chi connectivity index (χ2n) is 7.02. The normalized spacial score (nSPS) is 10.6. The van der Waals surface area contributed by atoms with Crippen molar-refractivity contribution in [2.75, 3.05) is 18.4 Å². The second-order valence-corrected chi connectivity index (χ2v) is 7.02. The van der Waals surface area contributed by atoms with Gasteiger partial charge in [0.25, 0.3) is 5.91 Å². The van der Waals surface area contributed by atoms with Gasteiger partial charge < -0.3 is 19.9 Å². The minimum absolute atomic E-state index is 0.219. The van der Waals surface area contributed by atoms with Crippen LogP contribution in [0.2, 0.25) is 0 Å². The molecule has 0 aliphatic rings. The minimum atomic E-state index is -0.336. The molecule has 32 heavy (non-hydrogen) atoms. The van der Waals surface area contributed by atoms with Crippen LogP contribution in [-0.4, -0.2) is 33.5 Å². The molecule has 2 aromatic heterocycles. The first-order chi connectivity index (χ1) is 15.6. The first kappa shape index (κ1) is 21.0. The number of amides is 1. The Kier molecular flexibility index (Phi) is 6.41. The summed E-state index contributed by atoms with van der Waals surface area (Å²) >= 11 is 0. The maximum absolute atomic E-state index is 13.0. The van der Waals surface area contributed by atoms with Crippen LogP contribution in [0.15, 0.2) is 79.1 Å². The summed E-state index contributed by atoms with van der Waals surface area (Å²) in [6.07, 6.45) is 3.83. The van der Waals surface area contributed by atoms with E-state index in [9.17, 15) is 9.18 Å².